The maximum Gasteiger partial charge on any atom is 0.253 e. The zero-order valence-corrected chi connectivity index (χ0v) is 11.8. The number of aliphatic hydroxyl groups is 1. The topological polar surface area (TPSA) is 40.5 Å². The van der Waals surface area contributed by atoms with Gasteiger partial charge in [0.25, 0.3) is 5.91 Å². The molecule has 3 nitrogen and oxygen atoms in total. The lowest BCUT2D eigenvalue weighted by molar-refractivity contribution is 0.0732. The molecule has 0 spiro atoms. The zero-order chi connectivity index (χ0) is 12.1. The summed E-state index contributed by atoms with van der Waals surface area (Å²) >= 11 is 8.07. The van der Waals surface area contributed by atoms with E-state index in [1.165, 1.54) is 0 Å². The third kappa shape index (κ3) is 3.33. The van der Waals surface area contributed by atoms with Gasteiger partial charge in [0.2, 0.25) is 0 Å². The van der Waals surface area contributed by atoms with Crippen molar-refractivity contribution < 1.29 is 9.90 Å². The molecule has 16 heavy (non-hydrogen) atoms. The molecule has 1 amide bonds. The van der Waals surface area contributed by atoms with Crippen LogP contribution in [0.4, 0.5) is 0 Å². The number of hydrogen-bond acceptors (Lipinski definition) is 2. The molecule has 1 rings (SSSR count). The Balaban J connectivity index is 2.90. The van der Waals surface area contributed by atoms with Gasteiger partial charge in [-0.3, -0.25) is 4.79 Å². The van der Waals surface area contributed by atoms with E-state index in [1.807, 2.05) is 13.0 Å². The van der Waals surface area contributed by atoms with Crippen molar-refractivity contribution >= 4 is 40.1 Å². The number of carbonyl (C=O) groups excluding carboxylic acids is 1. The Morgan fingerprint density at radius 1 is 1.56 bits per heavy atom. The monoisotopic (exact) mass is 353 g/mol. The lowest BCUT2D eigenvalue weighted by Crippen LogP contribution is -2.33. The third-order valence-electron chi connectivity index (χ3n) is 2.21. The Morgan fingerprint density at radius 2 is 2.25 bits per heavy atom. The molecule has 0 fully saturated rings. The maximum absolute atomic E-state index is 12.0. The van der Waals surface area contributed by atoms with Crippen LogP contribution in [0.3, 0.4) is 0 Å². The SMILES string of the molecule is CCN(CCO)C(=O)c1ccc(I)c(Cl)c1. The number of benzene rings is 1. The molecule has 1 N–H and O–H groups in total. The third-order valence-corrected chi connectivity index (χ3v) is 3.78. The quantitative estimate of drug-likeness (QED) is 0.845. The molecule has 0 saturated heterocycles. The van der Waals surface area contributed by atoms with Crippen molar-refractivity contribution in [2.45, 2.75) is 6.92 Å². The lowest BCUT2D eigenvalue weighted by Gasteiger charge is -2.19. The molecule has 0 heterocycles. The second-order valence-electron chi connectivity index (χ2n) is 3.24. The van der Waals surface area contributed by atoms with Crippen LogP contribution in [0.15, 0.2) is 18.2 Å². The molecule has 1 aromatic carbocycles. The van der Waals surface area contributed by atoms with E-state index in [9.17, 15) is 4.79 Å². The lowest BCUT2D eigenvalue weighted by atomic mass is 10.2. The molecule has 5 heteroatoms. The van der Waals surface area contributed by atoms with Gasteiger partial charge in [-0.05, 0) is 47.7 Å². The summed E-state index contributed by atoms with van der Waals surface area (Å²) in [5, 5.41) is 9.42. The molecule has 0 bridgehead atoms. The summed E-state index contributed by atoms with van der Waals surface area (Å²) in [7, 11) is 0. The molecule has 0 aliphatic heterocycles. The molecule has 0 aliphatic carbocycles. The van der Waals surface area contributed by atoms with Gasteiger partial charge in [0.15, 0.2) is 0 Å². The van der Waals surface area contributed by atoms with E-state index >= 15 is 0 Å². The van der Waals surface area contributed by atoms with Crippen LogP contribution in [-0.4, -0.2) is 35.6 Å². The fourth-order valence-corrected chi connectivity index (χ4v) is 1.85. The number of amides is 1. The van der Waals surface area contributed by atoms with Gasteiger partial charge in [-0.2, -0.15) is 0 Å². The molecule has 0 aliphatic rings. The van der Waals surface area contributed by atoms with E-state index in [4.69, 9.17) is 16.7 Å². The van der Waals surface area contributed by atoms with Crippen LogP contribution < -0.4 is 0 Å². The maximum atomic E-state index is 12.0. The van der Waals surface area contributed by atoms with Crippen LogP contribution in [0.1, 0.15) is 17.3 Å². The Kier molecular flexibility index (Phi) is 5.51. The Labute approximate surface area is 114 Å². The van der Waals surface area contributed by atoms with Crippen molar-refractivity contribution in [2.75, 3.05) is 19.7 Å². The van der Waals surface area contributed by atoms with Gasteiger partial charge in [-0.1, -0.05) is 11.6 Å². The first kappa shape index (κ1) is 13.7. The van der Waals surface area contributed by atoms with Gasteiger partial charge in [0.05, 0.1) is 11.6 Å². The van der Waals surface area contributed by atoms with Crippen molar-refractivity contribution in [3.05, 3.63) is 32.4 Å². The largest absolute Gasteiger partial charge is 0.395 e. The van der Waals surface area contributed by atoms with Gasteiger partial charge < -0.3 is 10.0 Å². The standard InChI is InChI=1S/C11H13ClINO2/c1-2-14(5-6-15)11(16)8-3-4-10(13)9(12)7-8/h3-4,7,15H,2,5-6H2,1H3. The molecule has 0 atom stereocenters. The van der Waals surface area contributed by atoms with Crippen molar-refractivity contribution in [3.63, 3.8) is 0 Å². The van der Waals surface area contributed by atoms with Gasteiger partial charge >= 0.3 is 0 Å². The molecule has 88 valence electrons. The van der Waals surface area contributed by atoms with Gasteiger partial charge in [0.1, 0.15) is 0 Å². The average Bonchev–Trinajstić information content (AvgIpc) is 2.28. The highest BCUT2D eigenvalue weighted by Gasteiger charge is 2.14. The van der Waals surface area contributed by atoms with Crippen LogP contribution in [-0.2, 0) is 0 Å². The Hall–Kier alpha value is -0.330. The summed E-state index contributed by atoms with van der Waals surface area (Å²) in [4.78, 5) is 13.6. The van der Waals surface area contributed by atoms with Crippen molar-refractivity contribution in [2.24, 2.45) is 0 Å². The highest BCUT2D eigenvalue weighted by atomic mass is 127. The molecule has 0 radical (unpaired) electrons. The average molecular weight is 354 g/mol. The number of rotatable bonds is 4. The molecule has 0 unspecified atom stereocenters. The van der Waals surface area contributed by atoms with E-state index in [2.05, 4.69) is 22.6 Å². The molecular weight excluding hydrogens is 340 g/mol. The summed E-state index contributed by atoms with van der Waals surface area (Å²) < 4.78 is 0.918. The number of hydrogen-bond donors (Lipinski definition) is 1. The first-order chi connectivity index (χ1) is 7.60. The molecular formula is C11H13ClINO2. The molecule has 1 aromatic rings. The second kappa shape index (κ2) is 6.42. The van der Waals surface area contributed by atoms with Crippen molar-refractivity contribution in [3.8, 4) is 0 Å². The van der Waals surface area contributed by atoms with Crippen molar-refractivity contribution in [1.29, 1.82) is 0 Å². The van der Waals surface area contributed by atoms with Crippen molar-refractivity contribution in [1.82, 2.24) is 4.90 Å². The molecule has 0 saturated carbocycles. The summed E-state index contributed by atoms with van der Waals surface area (Å²) in [5.74, 6) is -0.102. The minimum Gasteiger partial charge on any atom is -0.395 e. The Morgan fingerprint density at radius 3 is 2.75 bits per heavy atom. The van der Waals surface area contributed by atoms with E-state index in [1.54, 1.807) is 17.0 Å². The summed E-state index contributed by atoms with van der Waals surface area (Å²) in [6.07, 6.45) is 0. The fraction of sp³-hybridized carbons (Fsp3) is 0.364. The Bertz CT molecular complexity index is 384. The zero-order valence-electron chi connectivity index (χ0n) is 8.91. The van der Waals surface area contributed by atoms with E-state index in [0.717, 1.165) is 3.57 Å². The van der Waals surface area contributed by atoms with E-state index in [-0.39, 0.29) is 12.5 Å². The predicted molar refractivity (Wildman–Crippen MR) is 72.8 cm³/mol. The first-order valence-corrected chi connectivity index (χ1v) is 6.41. The number of likely N-dealkylation sites (N-methyl/N-ethyl adjacent to an activating group) is 1. The smallest absolute Gasteiger partial charge is 0.253 e. The van der Waals surface area contributed by atoms with E-state index in [0.29, 0.717) is 23.7 Å². The highest BCUT2D eigenvalue weighted by molar-refractivity contribution is 14.1. The van der Waals surface area contributed by atoms with Crippen LogP contribution in [0.5, 0.6) is 0 Å². The summed E-state index contributed by atoms with van der Waals surface area (Å²) in [5.41, 5.74) is 0.556. The summed E-state index contributed by atoms with van der Waals surface area (Å²) in [6, 6.07) is 5.21. The fourth-order valence-electron chi connectivity index (χ4n) is 1.34. The van der Waals surface area contributed by atoms with Crippen LogP contribution in [0, 0.1) is 3.57 Å². The van der Waals surface area contributed by atoms with Gasteiger partial charge in [-0.25, -0.2) is 0 Å². The van der Waals surface area contributed by atoms with Crippen LogP contribution in [0.2, 0.25) is 5.02 Å². The summed E-state index contributed by atoms with van der Waals surface area (Å²) in [6.45, 7) is 2.77. The highest BCUT2D eigenvalue weighted by Crippen LogP contribution is 2.20. The minimum atomic E-state index is -0.102. The van der Waals surface area contributed by atoms with Crippen LogP contribution in [0.25, 0.3) is 0 Å². The van der Waals surface area contributed by atoms with Crippen LogP contribution >= 0.6 is 34.2 Å². The van der Waals surface area contributed by atoms with Gasteiger partial charge in [0, 0.05) is 22.2 Å². The van der Waals surface area contributed by atoms with Gasteiger partial charge in [-0.15, -0.1) is 0 Å². The minimum absolute atomic E-state index is 0.0301. The number of carbonyl (C=O) groups is 1. The second-order valence-corrected chi connectivity index (χ2v) is 4.81. The van der Waals surface area contributed by atoms with E-state index < -0.39 is 0 Å². The number of halogens is 2. The molecule has 0 aromatic heterocycles. The normalized spacial score (nSPS) is 10.2. The predicted octanol–water partition coefficient (Wildman–Crippen LogP) is 2.40. The number of aliphatic hydroxyl groups excluding tert-OH is 1. The first-order valence-electron chi connectivity index (χ1n) is 4.95. The number of nitrogens with zero attached hydrogens (tertiary/aromatic N) is 1.